The molecule has 2 aromatic carbocycles. The molecule has 1 aromatic heterocycles. The zero-order valence-electron chi connectivity index (χ0n) is 16.4. The third-order valence-corrected chi connectivity index (χ3v) is 4.89. The number of carbonyl (C=O) groups is 2. The Bertz CT molecular complexity index is 957. The Morgan fingerprint density at radius 2 is 1.50 bits per heavy atom. The second kappa shape index (κ2) is 8.74. The lowest BCUT2D eigenvalue weighted by Gasteiger charge is -2.26. The molecule has 0 bridgehead atoms. The summed E-state index contributed by atoms with van der Waals surface area (Å²) in [7, 11) is 0. The van der Waals surface area contributed by atoms with E-state index in [1.54, 1.807) is 13.8 Å². The summed E-state index contributed by atoms with van der Waals surface area (Å²) in [6, 6.07) is 15.6. The second-order valence-electron chi connectivity index (χ2n) is 6.61. The van der Waals surface area contributed by atoms with Gasteiger partial charge >= 0.3 is 11.9 Å². The lowest BCUT2D eigenvalue weighted by Crippen LogP contribution is -2.34. The molecule has 1 unspecified atom stereocenters. The van der Waals surface area contributed by atoms with Crippen molar-refractivity contribution in [3.05, 3.63) is 71.4 Å². The minimum absolute atomic E-state index is 0.198. The summed E-state index contributed by atoms with van der Waals surface area (Å²) in [5.74, 6) is -2.74. The highest BCUT2D eigenvalue weighted by Gasteiger charge is 2.41. The van der Waals surface area contributed by atoms with Crippen LogP contribution in [0.1, 0.15) is 36.5 Å². The lowest BCUT2D eigenvalue weighted by atomic mass is 9.78. The number of esters is 2. The molecule has 0 saturated heterocycles. The number of hydrogen-bond donors (Lipinski definition) is 1. The summed E-state index contributed by atoms with van der Waals surface area (Å²) < 4.78 is 10.5. The third kappa shape index (κ3) is 3.79. The van der Waals surface area contributed by atoms with E-state index in [2.05, 4.69) is 4.98 Å². The highest BCUT2D eigenvalue weighted by Crippen LogP contribution is 2.39. The van der Waals surface area contributed by atoms with Crippen LogP contribution in [0.2, 0.25) is 0 Å². The molecule has 0 spiro atoms. The molecule has 0 fully saturated rings. The van der Waals surface area contributed by atoms with Crippen LogP contribution in [0.4, 0.5) is 0 Å². The first-order chi connectivity index (χ1) is 13.6. The summed E-state index contributed by atoms with van der Waals surface area (Å²) in [6.07, 6.45) is 1.87. The summed E-state index contributed by atoms with van der Waals surface area (Å²) in [4.78, 5) is 29.0. The molecule has 5 heteroatoms. The molecule has 0 aliphatic carbocycles. The SMILES string of the molecule is CCOC(=O)C(C(=O)OCC)C(c1ccccc1C)c1c[nH]c2ccccc12. The van der Waals surface area contributed by atoms with Crippen molar-refractivity contribution < 1.29 is 19.1 Å². The number of aromatic amines is 1. The molecule has 3 rings (SSSR count). The largest absolute Gasteiger partial charge is 0.465 e. The molecule has 0 saturated carbocycles. The molecule has 0 radical (unpaired) electrons. The number of para-hydroxylation sites is 1. The van der Waals surface area contributed by atoms with Crippen LogP contribution in [0.5, 0.6) is 0 Å². The van der Waals surface area contributed by atoms with Gasteiger partial charge in [-0.2, -0.15) is 0 Å². The van der Waals surface area contributed by atoms with E-state index in [1.807, 2.05) is 61.7 Å². The van der Waals surface area contributed by atoms with Crippen LogP contribution in [-0.2, 0) is 19.1 Å². The molecule has 1 N–H and O–H groups in total. The van der Waals surface area contributed by atoms with Gasteiger partial charge in [-0.15, -0.1) is 0 Å². The maximum atomic E-state index is 12.9. The van der Waals surface area contributed by atoms with Gasteiger partial charge in [-0.25, -0.2) is 0 Å². The van der Waals surface area contributed by atoms with Crippen molar-refractivity contribution in [1.29, 1.82) is 0 Å². The molecule has 28 heavy (non-hydrogen) atoms. The minimum Gasteiger partial charge on any atom is -0.465 e. The fourth-order valence-electron chi connectivity index (χ4n) is 3.65. The van der Waals surface area contributed by atoms with Gasteiger partial charge in [-0.3, -0.25) is 9.59 Å². The number of ether oxygens (including phenoxy) is 2. The van der Waals surface area contributed by atoms with Gasteiger partial charge < -0.3 is 14.5 Å². The van der Waals surface area contributed by atoms with Crippen molar-refractivity contribution in [2.45, 2.75) is 26.7 Å². The van der Waals surface area contributed by atoms with Gasteiger partial charge in [0, 0.05) is 23.0 Å². The maximum Gasteiger partial charge on any atom is 0.321 e. The van der Waals surface area contributed by atoms with Crippen LogP contribution in [0, 0.1) is 12.8 Å². The monoisotopic (exact) mass is 379 g/mol. The third-order valence-electron chi connectivity index (χ3n) is 4.89. The highest BCUT2D eigenvalue weighted by atomic mass is 16.6. The van der Waals surface area contributed by atoms with Gasteiger partial charge in [0.2, 0.25) is 0 Å². The molecular weight excluding hydrogens is 354 g/mol. The number of H-pyrrole nitrogens is 1. The standard InChI is InChI=1S/C23H25NO4/c1-4-27-22(25)21(23(26)28-5-2)20(16-11-7-6-10-15(16)3)18-14-24-19-13-9-8-12-17(18)19/h6-14,20-21,24H,4-5H2,1-3H3. The Hall–Kier alpha value is -3.08. The van der Waals surface area contributed by atoms with Gasteiger partial charge in [-0.05, 0) is 43.5 Å². The molecule has 146 valence electrons. The van der Waals surface area contributed by atoms with Gasteiger partial charge in [0.15, 0.2) is 5.92 Å². The van der Waals surface area contributed by atoms with E-state index in [9.17, 15) is 9.59 Å². The van der Waals surface area contributed by atoms with E-state index >= 15 is 0 Å². The maximum absolute atomic E-state index is 12.9. The molecule has 5 nitrogen and oxygen atoms in total. The number of fused-ring (bicyclic) bond motifs is 1. The first-order valence-corrected chi connectivity index (χ1v) is 9.53. The van der Waals surface area contributed by atoms with Crippen LogP contribution in [0.15, 0.2) is 54.7 Å². The van der Waals surface area contributed by atoms with Crippen LogP contribution < -0.4 is 0 Å². The summed E-state index contributed by atoms with van der Waals surface area (Å²) >= 11 is 0. The van der Waals surface area contributed by atoms with Gasteiger partial charge in [0.05, 0.1) is 13.2 Å². The van der Waals surface area contributed by atoms with Crippen molar-refractivity contribution in [1.82, 2.24) is 4.98 Å². The predicted molar refractivity (Wildman–Crippen MR) is 108 cm³/mol. The Morgan fingerprint density at radius 1 is 0.893 bits per heavy atom. The Balaban J connectivity index is 2.23. The van der Waals surface area contributed by atoms with Crippen molar-refractivity contribution >= 4 is 22.8 Å². The Kier molecular flexibility index (Phi) is 6.14. The number of aromatic nitrogens is 1. The van der Waals surface area contributed by atoms with Gasteiger partial charge in [0.1, 0.15) is 0 Å². The number of carbonyl (C=O) groups excluding carboxylic acids is 2. The number of benzene rings is 2. The average molecular weight is 379 g/mol. The Labute approximate surface area is 164 Å². The van der Waals surface area contributed by atoms with Crippen LogP contribution in [-0.4, -0.2) is 30.1 Å². The van der Waals surface area contributed by atoms with Gasteiger partial charge in [-0.1, -0.05) is 42.5 Å². The summed E-state index contributed by atoms with van der Waals surface area (Å²) in [6.45, 7) is 5.83. The quantitative estimate of drug-likeness (QED) is 0.489. The van der Waals surface area contributed by atoms with E-state index in [0.29, 0.717) is 0 Å². The number of nitrogens with one attached hydrogen (secondary N) is 1. The molecular formula is C23H25NO4. The smallest absolute Gasteiger partial charge is 0.321 e. The zero-order valence-corrected chi connectivity index (χ0v) is 16.4. The van der Waals surface area contributed by atoms with Crippen LogP contribution in [0.3, 0.4) is 0 Å². The molecule has 0 amide bonds. The summed E-state index contributed by atoms with van der Waals surface area (Å²) in [5.41, 5.74) is 3.72. The topological polar surface area (TPSA) is 68.4 Å². The van der Waals surface area contributed by atoms with Crippen LogP contribution in [0.25, 0.3) is 10.9 Å². The van der Waals surface area contributed by atoms with Crippen LogP contribution >= 0.6 is 0 Å². The minimum atomic E-state index is -1.08. The molecule has 0 aliphatic heterocycles. The Morgan fingerprint density at radius 3 is 2.14 bits per heavy atom. The average Bonchev–Trinajstić information content (AvgIpc) is 3.11. The first kappa shape index (κ1) is 19.7. The van der Waals surface area contributed by atoms with E-state index in [0.717, 1.165) is 27.6 Å². The second-order valence-corrected chi connectivity index (χ2v) is 6.61. The van der Waals surface area contributed by atoms with E-state index in [-0.39, 0.29) is 13.2 Å². The van der Waals surface area contributed by atoms with E-state index in [4.69, 9.17) is 9.47 Å². The molecule has 3 aromatic rings. The van der Waals surface area contributed by atoms with Crippen molar-refractivity contribution in [3.63, 3.8) is 0 Å². The molecule has 1 heterocycles. The molecule has 0 aliphatic rings. The van der Waals surface area contributed by atoms with Crippen molar-refractivity contribution in [2.24, 2.45) is 5.92 Å². The number of rotatable bonds is 7. The number of hydrogen-bond acceptors (Lipinski definition) is 4. The fourth-order valence-corrected chi connectivity index (χ4v) is 3.65. The predicted octanol–water partition coefficient (Wildman–Crippen LogP) is 4.35. The zero-order chi connectivity index (χ0) is 20.1. The first-order valence-electron chi connectivity index (χ1n) is 9.53. The van der Waals surface area contributed by atoms with Crippen molar-refractivity contribution in [3.8, 4) is 0 Å². The van der Waals surface area contributed by atoms with Crippen molar-refractivity contribution in [2.75, 3.05) is 13.2 Å². The highest BCUT2D eigenvalue weighted by molar-refractivity contribution is 5.98. The summed E-state index contributed by atoms with van der Waals surface area (Å²) in [5, 5.41) is 0.967. The normalized spacial score (nSPS) is 12.1. The van der Waals surface area contributed by atoms with E-state index in [1.165, 1.54) is 0 Å². The van der Waals surface area contributed by atoms with E-state index < -0.39 is 23.8 Å². The lowest BCUT2D eigenvalue weighted by molar-refractivity contribution is -0.162. The number of aryl methyl sites for hydroxylation is 1. The fraction of sp³-hybridized carbons (Fsp3) is 0.304. The molecule has 1 atom stereocenters. The van der Waals surface area contributed by atoms with Gasteiger partial charge in [0.25, 0.3) is 0 Å².